The van der Waals surface area contributed by atoms with Gasteiger partial charge in [0.25, 0.3) is 5.91 Å². The Balaban J connectivity index is 1.55. The molecule has 0 saturated heterocycles. The van der Waals surface area contributed by atoms with Crippen molar-refractivity contribution >= 4 is 28.9 Å². The van der Waals surface area contributed by atoms with Crippen LogP contribution >= 0.6 is 11.6 Å². The van der Waals surface area contributed by atoms with Gasteiger partial charge >= 0.3 is 0 Å². The SMILES string of the molecule is Cc1ccc2c(c1)N(C(=O)c1cccc(OCc3cccc(Cl)c3)c1)CCN2C. The highest BCUT2D eigenvalue weighted by Gasteiger charge is 2.26. The van der Waals surface area contributed by atoms with Crippen molar-refractivity contribution in [1.29, 1.82) is 0 Å². The molecule has 0 unspecified atom stereocenters. The summed E-state index contributed by atoms with van der Waals surface area (Å²) < 4.78 is 5.89. The van der Waals surface area contributed by atoms with Crippen LogP contribution in [-0.4, -0.2) is 26.0 Å². The van der Waals surface area contributed by atoms with Gasteiger partial charge in [-0.2, -0.15) is 0 Å². The van der Waals surface area contributed by atoms with Gasteiger partial charge in [-0.1, -0.05) is 35.9 Å². The smallest absolute Gasteiger partial charge is 0.258 e. The van der Waals surface area contributed by atoms with E-state index >= 15 is 0 Å². The quantitative estimate of drug-likeness (QED) is 0.587. The lowest BCUT2D eigenvalue weighted by molar-refractivity contribution is 0.0986. The van der Waals surface area contributed by atoms with E-state index in [0.29, 0.717) is 29.5 Å². The van der Waals surface area contributed by atoms with Gasteiger partial charge in [0.1, 0.15) is 12.4 Å². The lowest BCUT2D eigenvalue weighted by atomic mass is 10.1. The van der Waals surface area contributed by atoms with Gasteiger partial charge in [0, 0.05) is 30.7 Å². The second-order valence-electron chi connectivity index (χ2n) is 7.32. The van der Waals surface area contributed by atoms with Gasteiger partial charge < -0.3 is 14.5 Å². The average molecular weight is 407 g/mol. The van der Waals surface area contributed by atoms with Crippen LogP contribution in [-0.2, 0) is 6.61 Å². The molecule has 1 heterocycles. The molecule has 0 aromatic heterocycles. The molecule has 4 rings (SSSR count). The maximum absolute atomic E-state index is 13.3. The molecule has 0 fully saturated rings. The summed E-state index contributed by atoms with van der Waals surface area (Å²) in [6.45, 7) is 3.89. The molecule has 1 aliphatic heterocycles. The van der Waals surface area contributed by atoms with Crippen LogP contribution in [0.15, 0.2) is 66.7 Å². The number of carbonyl (C=O) groups excluding carboxylic acids is 1. The standard InChI is InChI=1S/C24H23ClN2O2/c1-17-9-10-22-23(13-17)27(12-11-26(22)2)24(28)19-6-4-8-21(15-19)29-16-18-5-3-7-20(25)14-18/h3-10,13-15H,11-12,16H2,1-2H3. The number of ether oxygens (including phenoxy) is 1. The van der Waals surface area contributed by atoms with Crippen LogP contribution in [0.2, 0.25) is 5.02 Å². The normalized spacial score (nSPS) is 13.2. The fraction of sp³-hybridized carbons (Fsp3) is 0.208. The molecule has 1 aliphatic rings. The predicted octanol–water partition coefficient (Wildman–Crippen LogP) is 5.32. The third-order valence-electron chi connectivity index (χ3n) is 5.11. The zero-order chi connectivity index (χ0) is 20.4. The van der Waals surface area contributed by atoms with E-state index in [2.05, 4.69) is 30.1 Å². The Morgan fingerprint density at radius 1 is 1.00 bits per heavy atom. The Bertz CT molecular complexity index is 1050. The van der Waals surface area contributed by atoms with Crippen LogP contribution in [0.4, 0.5) is 11.4 Å². The predicted molar refractivity (Wildman–Crippen MR) is 118 cm³/mol. The highest BCUT2D eigenvalue weighted by atomic mass is 35.5. The number of hydrogen-bond donors (Lipinski definition) is 0. The van der Waals surface area contributed by atoms with Gasteiger partial charge in [-0.3, -0.25) is 4.79 Å². The summed E-state index contributed by atoms with van der Waals surface area (Å²) in [5, 5.41) is 0.680. The molecule has 3 aromatic carbocycles. The molecule has 0 radical (unpaired) electrons. The van der Waals surface area contributed by atoms with Gasteiger partial charge in [-0.15, -0.1) is 0 Å². The molecule has 5 heteroatoms. The summed E-state index contributed by atoms with van der Waals surface area (Å²) in [7, 11) is 2.06. The summed E-state index contributed by atoms with van der Waals surface area (Å²) in [5.41, 5.74) is 4.76. The van der Waals surface area contributed by atoms with Crippen molar-refractivity contribution in [2.75, 3.05) is 29.9 Å². The van der Waals surface area contributed by atoms with Gasteiger partial charge in [0.05, 0.1) is 11.4 Å². The number of fused-ring (bicyclic) bond motifs is 1. The molecular weight excluding hydrogens is 384 g/mol. The Morgan fingerprint density at radius 3 is 2.66 bits per heavy atom. The third-order valence-corrected chi connectivity index (χ3v) is 5.35. The monoisotopic (exact) mass is 406 g/mol. The summed E-state index contributed by atoms with van der Waals surface area (Å²) in [5.74, 6) is 0.646. The fourth-order valence-corrected chi connectivity index (χ4v) is 3.76. The van der Waals surface area contributed by atoms with Crippen molar-refractivity contribution < 1.29 is 9.53 Å². The van der Waals surface area contributed by atoms with Gasteiger partial charge in [0.15, 0.2) is 0 Å². The summed E-state index contributed by atoms with van der Waals surface area (Å²) >= 11 is 6.03. The first kappa shape index (κ1) is 19.3. The van der Waals surface area contributed by atoms with Crippen molar-refractivity contribution in [1.82, 2.24) is 0 Å². The third kappa shape index (κ3) is 4.22. The average Bonchev–Trinajstić information content (AvgIpc) is 2.72. The molecule has 3 aromatic rings. The Morgan fingerprint density at radius 2 is 1.83 bits per heavy atom. The van der Waals surface area contributed by atoms with Gasteiger partial charge in [0.2, 0.25) is 0 Å². The van der Waals surface area contributed by atoms with Crippen molar-refractivity contribution in [3.63, 3.8) is 0 Å². The lowest BCUT2D eigenvalue weighted by Crippen LogP contribution is -2.42. The topological polar surface area (TPSA) is 32.8 Å². The molecular formula is C24H23ClN2O2. The van der Waals surface area contributed by atoms with E-state index in [1.165, 1.54) is 0 Å². The van der Waals surface area contributed by atoms with Crippen molar-refractivity contribution in [3.8, 4) is 5.75 Å². The number of benzene rings is 3. The van der Waals surface area contributed by atoms with Crippen molar-refractivity contribution in [2.45, 2.75) is 13.5 Å². The minimum Gasteiger partial charge on any atom is -0.489 e. The van der Waals surface area contributed by atoms with Gasteiger partial charge in [-0.25, -0.2) is 0 Å². The number of halogens is 1. The van der Waals surface area contributed by atoms with Crippen LogP contribution in [0.3, 0.4) is 0 Å². The summed E-state index contributed by atoms with van der Waals surface area (Å²) in [6, 6.07) is 21.2. The van der Waals surface area contributed by atoms with E-state index in [0.717, 1.165) is 29.0 Å². The number of anilines is 2. The molecule has 0 aliphatic carbocycles. The van der Waals surface area contributed by atoms with Crippen molar-refractivity contribution in [2.24, 2.45) is 0 Å². The summed E-state index contributed by atoms with van der Waals surface area (Å²) in [6.07, 6.45) is 0. The van der Waals surface area contributed by atoms with Crippen molar-refractivity contribution in [3.05, 3.63) is 88.4 Å². The number of hydrogen-bond acceptors (Lipinski definition) is 3. The van der Waals surface area contributed by atoms with E-state index < -0.39 is 0 Å². The van der Waals surface area contributed by atoms with Crippen LogP contribution in [0.1, 0.15) is 21.5 Å². The van der Waals surface area contributed by atoms with E-state index in [1.54, 1.807) is 6.07 Å². The Hall–Kier alpha value is -2.98. The number of likely N-dealkylation sites (N-methyl/N-ethyl adjacent to an activating group) is 1. The second-order valence-corrected chi connectivity index (χ2v) is 7.75. The molecule has 0 N–H and O–H groups in total. The number of nitrogens with zero attached hydrogens (tertiary/aromatic N) is 2. The molecule has 0 saturated carbocycles. The Kier molecular flexibility index (Phi) is 5.45. The van der Waals surface area contributed by atoms with Crippen LogP contribution < -0.4 is 14.5 Å². The summed E-state index contributed by atoms with van der Waals surface area (Å²) in [4.78, 5) is 17.3. The minimum absolute atomic E-state index is 0.0156. The lowest BCUT2D eigenvalue weighted by Gasteiger charge is -2.36. The van der Waals surface area contributed by atoms with E-state index in [9.17, 15) is 4.79 Å². The first-order chi connectivity index (χ1) is 14.0. The van der Waals surface area contributed by atoms with E-state index in [-0.39, 0.29) is 5.91 Å². The number of amides is 1. The molecule has 0 spiro atoms. The molecule has 1 amide bonds. The van der Waals surface area contributed by atoms with E-state index in [1.807, 2.05) is 54.3 Å². The molecule has 0 atom stereocenters. The number of rotatable bonds is 4. The van der Waals surface area contributed by atoms with E-state index in [4.69, 9.17) is 16.3 Å². The number of aryl methyl sites for hydroxylation is 1. The largest absolute Gasteiger partial charge is 0.489 e. The molecule has 148 valence electrons. The van der Waals surface area contributed by atoms with Gasteiger partial charge in [-0.05, 0) is 60.5 Å². The second kappa shape index (κ2) is 8.18. The molecule has 4 nitrogen and oxygen atoms in total. The highest BCUT2D eigenvalue weighted by molar-refractivity contribution is 6.30. The van der Waals surface area contributed by atoms with Crippen LogP contribution in [0.25, 0.3) is 0 Å². The number of carbonyl (C=O) groups is 1. The van der Waals surface area contributed by atoms with Crippen LogP contribution in [0.5, 0.6) is 5.75 Å². The molecule has 0 bridgehead atoms. The fourth-order valence-electron chi connectivity index (χ4n) is 3.54. The molecule has 29 heavy (non-hydrogen) atoms. The Labute approximate surface area is 176 Å². The first-order valence-corrected chi connectivity index (χ1v) is 10.00. The first-order valence-electron chi connectivity index (χ1n) is 9.62. The highest BCUT2D eigenvalue weighted by Crippen LogP contribution is 2.34. The zero-order valence-electron chi connectivity index (χ0n) is 16.6. The maximum Gasteiger partial charge on any atom is 0.258 e. The van der Waals surface area contributed by atoms with Crippen LogP contribution in [0, 0.1) is 6.92 Å². The minimum atomic E-state index is -0.0156. The maximum atomic E-state index is 13.3. The zero-order valence-corrected chi connectivity index (χ0v) is 17.3.